The van der Waals surface area contributed by atoms with E-state index in [-0.39, 0.29) is 16.2 Å². The van der Waals surface area contributed by atoms with E-state index in [1.165, 1.54) is 82.3 Å². The summed E-state index contributed by atoms with van der Waals surface area (Å²) >= 11 is 0. The zero-order chi connectivity index (χ0) is 30.9. The van der Waals surface area contributed by atoms with Crippen LogP contribution < -0.4 is 0 Å². The van der Waals surface area contributed by atoms with Gasteiger partial charge in [-0.05, 0) is 110 Å². The van der Waals surface area contributed by atoms with Crippen LogP contribution in [0.1, 0.15) is 52.7 Å². The number of aromatic amines is 1. The molecule has 6 aromatic carbocycles. The summed E-state index contributed by atoms with van der Waals surface area (Å²) in [4.78, 5) is 3.77. The molecule has 0 atom stereocenters. The van der Waals surface area contributed by atoms with Gasteiger partial charge in [0.2, 0.25) is 0 Å². The Balaban J connectivity index is 1.27. The van der Waals surface area contributed by atoms with Gasteiger partial charge in [-0.15, -0.1) is 0 Å². The molecule has 45 heavy (non-hydrogen) atoms. The molecule has 2 aromatic heterocycles. The van der Waals surface area contributed by atoms with Crippen LogP contribution in [0.2, 0.25) is 0 Å². The number of nitrogens with one attached hydrogen (secondary N) is 1. The van der Waals surface area contributed by atoms with Gasteiger partial charge < -0.3 is 9.55 Å². The second-order valence-electron chi connectivity index (χ2n) is 14.8. The van der Waals surface area contributed by atoms with E-state index in [4.69, 9.17) is 0 Å². The van der Waals surface area contributed by atoms with E-state index >= 15 is 0 Å². The van der Waals surface area contributed by atoms with Crippen LogP contribution in [0.3, 0.4) is 0 Å². The first-order valence-electron chi connectivity index (χ1n) is 16.2. The minimum Gasteiger partial charge on any atom is -0.355 e. The van der Waals surface area contributed by atoms with Gasteiger partial charge in [-0.25, -0.2) is 0 Å². The third-order valence-electron chi connectivity index (χ3n) is 12.2. The average Bonchev–Trinajstić information content (AvgIpc) is 3.59. The van der Waals surface area contributed by atoms with Crippen molar-refractivity contribution in [2.45, 2.75) is 52.4 Å². The van der Waals surface area contributed by atoms with E-state index < -0.39 is 0 Å². The van der Waals surface area contributed by atoms with Gasteiger partial charge in [-0.3, -0.25) is 0 Å². The molecule has 0 saturated heterocycles. The molecule has 0 fully saturated rings. The smallest absolute Gasteiger partial charge is 0.0547 e. The molecule has 9 rings (SSSR count). The highest BCUT2D eigenvalue weighted by Crippen LogP contribution is 2.62. The first-order valence-corrected chi connectivity index (χ1v) is 16.2. The van der Waals surface area contributed by atoms with Crippen molar-refractivity contribution in [3.63, 3.8) is 0 Å². The molecule has 8 aromatic rings. The highest BCUT2D eigenvalue weighted by Gasteiger charge is 2.56. The summed E-state index contributed by atoms with van der Waals surface area (Å²) < 4.78 is 2.41. The van der Waals surface area contributed by atoms with Gasteiger partial charge in [0, 0.05) is 38.3 Å². The van der Waals surface area contributed by atoms with Crippen LogP contribution in [0, 0.1) is 5.41 Å². The molecule has 0 bridgehead atoms. The Morgan fingerprint density at radius 1 is 0.467 bits per heavy atom. The topological polar surface area (TPSA) is 20.7 Å². The number of aromatic nitrogens is 2. The Kier molecular flexibility index (Phi) is 5.12. The number of rotatable bonds is 2. The van der Waals surface area contributed by atoms with Crippen LogP contribution in [0.4, 0.5) is 0 Å². The Bertz CT molecular complexity index is 2500. The Labute approximate surface area is 264 Å². The summed E-state index contributed by atoms with van der Waals surface area (Å²) in [5, 5.41) is 7.70. The summed E-state index contributed by atoms with van der Waals surface area (Å²) in [6.45, 7) is 14.6. The number of benzene rings is 6. The van der Waals surface area contributed by atoms with Gasteiger partial charge in [0.15, 0.2) is 0 Å². The van der Waals surface area contributed by atoms with E-state index in [1.54, 1.807) is 0 Å². The van der Waals surface area contributed by atoms with Gasteiger partial charge in [-0.2, -0.15) is 0 Å². The SMILES string of the molecule is CC1(C)c2cc3[nH]c4ccc(-c5ccc6c(c5)c5cc7ccccc7cc5n6-c5ccccc5)cc4c3cc2C(C)(C)C1(C)C. The second-order valence-corrected chi connectivity index (χ2v) is 14.8. The molecule has 1 aliphatic rings. The molecule has 0 spiro atoms. The van der Waals surface area contributed by atoms with Crippen LogP contribution in [-0.2, 0) is 10.8 Å². The van der Waals surface area contributed by atoms with Crippen molar-refractivity contribution in [2.75, 3.05) is 0 Å². The van der Waals surface area contributed by atoms with E-state index in [0.29, 0.717) is 0 Å². The van der Waals surface area contributed by atoms with Crippen molar-refractivity contribution < 1.29 is 0 Å². The van der Waals surface area contributed by atoms with E-state index in [1.807, 2.05) is 0 Å². The molecular weight excluding hydrogens is 544 g/mol. The van der Waals surface area contributed by atoms with Crippen molar-refractivity contribution in [3.8, 4) is 16.8 Å². The normalized spacial score (nSPS) is 16.8. The van der Waals surface area contributed by atoms with Crippen LogP contribution in [-0.4, -0.2) is 9.55 Å². The lowest BCUT2D eigenvalue weighted by atomic mass is 9.59. The van der Waals surface area contributed by atoms with Gasteiger partial charge in [0.05, 0.1) is 11.0 Å². The lowest BCUT2D eigenvalue weighted by Crippen LogP contribution is -2.42. The van der Waals surface area contributed by atoms with E-state index in [9.17, 15) is 0 Å². The number of nitrogens with zero attached hydrogens (tertiary/aromatic N) is 1. The number of fused-ring (bicyclic) bond motifs is 8. The molecule has 220 valence electrons. The van der Waals surface area contributed by atoms with Gasteiger partial charge >= 0.3 is 0 Å². The average molecular weight is 583 g/mol. The van der Waals surface area contributed by atoms with E-state index in [2.05, 4.69) is 166 Å². The molecule has 0 unspecified atom stereocenters. The molecule has 2 nitrogen and oxygen atoms in total. The summed E-state index contributed by atoms with van der Waals surface area (Å²) in [5.41, 5.74) is 11.8. The third kappa shape index (κ3) is 3.40. The van der Waals surface area contributed by atoms with Crippen LogP contribution in [0.5, 0.6) is 0 Å². The van der Waals surface area contributed by atoms with Crippen molar-refractivity contribution >= 4 is 54.4 Å². The first kappa shape index (κ1) is 26.6. The van der Waals surface area contributed by atoms with Crippen molar-refractivity contribution in [1.29, 1.82) is 0 Å². The molecule has 0 amide bonds. The highest BCUT2D eigenvalue weighted by atomic mass is 15.0. The molecule has 0 radical (unpaired) electrons. The number of H-pyrrole nitrogens is 1. The van der Waals surface area contributed by atoms with Gasteiger partial charge in [0.25, 0.3) is 0 Å². The molecule has 0 saturated carbocycles. The maximum atomic E-state index is 3.77. The summed E-state index contributed by atoms with van der Waals surface area (Å²) in [7, 11) is 0. The molecule has 2 heteroatoms. The fourth-order valence-electron chi connectivity index (χ4n) is 8.36. The first-order chi connectivity index (χ1) is 21.6. The Morgan fingerprint density at radius 2 is 1.04 bits per heavy atom. The van der Waals surface area contributed by atoms with E-state index in [0.717, 1.165) is 0 Å². The van der Waals surface area contributed by atoms with Crippen LogP contribution in [0.15, 0.2) is 115 Å². The zero-order valence-electron chi connectivity index (χ0n) is 26.9. The fraction of sp³-hybridized carbons (Fsp3) is 0.209. The predicted octanol–water partition coefficient (Wildman–Crippen LogP) is 11.8. The fourth-order valence-corrected chi connectivity index (χ4v) is 8.36. The minimum atomic E-state index is 0.0728. The maximum Gasteiger partial charge on any atom is 0.0547 e. The van der Waals surface area contributed by atoms with Crippen LogP contribution in [0.25, 0.3) is 71.2 Å². The van der Waals surface area contributed by atoms with Crippen molar-refractivity contribution in [3.05, 3.63) is 126 Å². The second kappa shape index (κ2) is 8.67. The maximum absolute atomic E-state index is 3.77. The molecule has 1 aliphatic carbocycles. The monoisotopic (exact) mass is 582 g/mol. The largest absolute Gasteiger partial charge is 0.355 e. The number of hydrogen-bond donors (Lipinski definition) is 1. The molecular formula is C43H38N2. The zero-order valence-corrected chi connectivity index (χ0v) is 26.9. The Morgan fingerprint density at radius 3 is 1.78 bits per heavy atom. The number of hydrogen-bond acceptors (Lipinski definition) is 0. The standard InChI is InChI=1S/C43H38N2/c1-41(2)35-24-32-31-20-28(16-18-37(31)44-38(32)25-36(35)42(3,4)43(41,5)6)29-17-19-39-33(22-29)34-21-26-12-10-11-13-27(26)23-40(34)45(39)30-14-8-7-9-15-30/h7-25,44H,1-6H3. The van der Waals surface area contributed by atoms with Gasteiger partial charge in [-0.1, -0.05) is 96.1 Å². The molecule has 0 aliphatic heterocycles. The number of para-hydroxylation sites is 1. The lowest BCUT2D eigenvalue weighted by molar-refractivity contribution is 0.125. The van der Waals surface area contributed by atoms with Crippen LogP contribution >= 0.6 is 0 Å². The summed E-state index contributed by atoms with van der Waals surface area (Å²) in [5.74, 6) is 0. The lowest BCUT2D eigenvalue weighted by Gasteiger charge is -2.44. The molecule has 1 N–H and O–H groups in total. The van der Waals surface area contributed by atoms with Crippen molar-refractivity contribution in [1.82, 2.24) is 9.55 Å². The summed E-state index contributed by atoms with van der Waals surface area (Å²) in [6, 6.07) is 43.0. The third-order valence-corrected chi connectivity index (χ3v) is 12.2. The van der Waals surface area contributed by atoms with Gasteiger partial charge in [0.1, 0.15) is 0 Å². The quantitative estimate of drug-likeness (QED) is 0.209. The highest BCUT2D eigenvalue weighted by molar-refractivity contribution is 6.15. The minimum absolute atomic E-state index is 0.0728. The summed E-state index contributed by atoms with van der Waals surface area (Å²) in [6.07, 6.45) is 0. The predicted molar refractivity (Wildman–Crippen MR) is 193 cm³/mol. The van der Waals surface area contributed by atoms with Crippen molar-refractivity contribution in [2.24, 2.45) is 5.41 Å². The molecule has 2 heterocycles. The Hall–Kier alpha value is -4.82.